The van der Waals surface area contributed by atoms with Gasteiger partial charge in [-0.1, -0.05) is 30.7 Å². The van der Waals surface area contributed by atoms with Gasteiger partial charge in [-0.25, -0.2) is 4.79 Å². The van der Waals surface area contributed by atoms with Gasteiger partial charge in [-0.2, -0.15) is 0 Å². The van der Waals surface area contributed by atoms with Crippen molar-refractivity contribution in [1.29, 1.82) is 0 Å². The zero-order valence-electron chi connectivity index (χ0n) is 25.8. The van der Waals surface area contributed by atoms with Crippen LogP contribution < -0.4 is 10.6 Å². The molecule has 0 radical (unpaired) electrons. The lowest BCUT2D eigenvalue weighted by atomic mass is 9.98. The molecular weight excluding hydrogens is 683 g/mol. The fraction of sp³-hybridized carbons (Fsp3) is 0.529. The summed E-state index contributed by atoms with van der Waals surface area (Å²) in [5.41, 5.74) is 2.41. The number of piperidine rings is 3. The van der Waals surface area contributed by atoms with E-state index in [9.17, 15) is 19.2 Å². The maximum absolute atomic E-state index is 13.9. The lowest BCUT2D eigenvalue weighted by molar-refractivity contribution is -0.140. The number of nitrogens with one attached hydrogen (secondary N) is 2. The van der Waals surface area contributed by atoms with Crippen molar-refractivity contribution in [3.63, 3.8) is 0 Å². The second kappa shape index (κ2) is 14.5. The summed E-state index contributed by atoms with van der Waals surface area (Å²) in [6.45, 7) is 5.09. The molecule has 0 bridgehead atoms. The second-order valence-corrected chi connectivity index (χ2v) is 14.0. The zero-order valence-corrected chi connectivity index (χ0v) is 27.9. The SMILES string of the molecule is O=C(N[C@@H](CC(=O)N1CCC(N2Cc3ccccc3NC2=O)CC1)C(=O)N1CCC(N2CCCCC2)CC1)c1cccc(I)c1. The van der Waals surface area contributed by atoms with Crippen molar-refractivity contribution in [2.24, 2.45) is 0 Å². The van der Waals surface area contributed by atoms with E-state index in [1.54, 1.807) is 17.0 Å². The first kappa shape index (κ1) is 31.8. The summed E-state index contributed by atoms with van der Waals surface area (Å²) in [5.74, 6) is -0.678. The second-order valence-electron chi connectivity index (χ2n) is 12.7. The lowest BCUT2D eigenvalue weighted by Crippen LogP contribution is -2.55. The number of halogens is 1. The molecule has 0 aromatic heterocycles. The summed E-state index contributed by atoms with van der Waals surface area (Å²) in [6.07, 6.45) is 6.86. The molecule has 5 amide bonds. The molecule has 11 heteroatoms. The van der Waals surface area contributed by atoms with Crippen LogP contribution in [0, 0.1) is 3.57 Å². The number of amides is 5. The van der Waals surface area contributed by atoms with Gasteiger partial charge in [0.05, 0.1) is 6.42 Å². The Morgan fingerprint density at radius 1 is 0.844 bits per heavy atom. The number of hydrogen-bond donors (Lipinski definition) is 2. The molecule has 45 heavy (non-hydrogen) atoms. The first-order valence-corrected chi connectivity index (χ1v) is 17.5. The molecular formula is C34H43IN6O4. The van der Waals surface area contributed by atoms with Crippen molar-refractivity contribution in [3.05, 3.63) is 63.2 Å². The van der Waals surface area contributed by atoms with Gasteiger partial charge in [-0.3, -0.25) is 14.4 Å². The average Bonchev–Trinajstić information content (AvgIpc) is 3.08. The molecule has 2 N–H and O–H groups in total. The van der Waals surface area contributed by atoms with Crippen LogP contribution in [0.1, 0.15) is 67.3 Å². The Hall–Kier alpha value is -3.19. The number of anilines is 1. The third kappa shape index (κ3) is 7.62. The number of likely N-dealkylation sites (tertiary alicyclic amines) is 3. The summed E-state index contributed by atoms with van der Waals surface area (Å²) in [7, 11) is 0. The van der Waals surface area contributed by atoms with Crippen LogP contribution in [0.5, 0.6) is 0 Å². The van der Waals surface area contributed by atoms with E-state index in [1.165, 1.54) is 19.3 Å². The number of benzene rings is 2. The predicted molar refractivity (Wildman–Crippen MR) is 181 cm³/mol. The van der Waals surface area contributed by atoms with E-state index in [1.807, 2.05) is 46.2 Å². The van der Waals surface area contributed by atoms with Crippen molar-refractivity contribution in [3.8, 4) is 0 Å². The molecule has 4 aliphatic rings. The Kier molecular flexibility index (Phi) is 10.2. The quantitative estimate of drug-likeness (QED) is 0.415. The number of carbonyl (C=O) groups excluding carboxylic acids is 4. The number of fused-ring (bicyclic) bond motifs is 1. The highest BCUT2D eigenvalue weighted by molar-refractivity contribution is 14.1. The smallest absolute Gasteiger partial charge is 0.322 e. The van der Waals surface area contributed by atoms with E-state index in [0.29, 0.717) is 57.2 Å². The number of rotatable bonds is 7. The number of urea groups is 1. The summed E-state index contributed by atoms with van der Waals surface area (Å²) in [6, 6.07) is 14.5. The van der Waals surface area contributed by atoms with Crippen molar-refractivity contribution >= 4 is 52.0 Å². The molecule has 0 spiro atoms. The summed E-state index contributed by atoms with van der Waals surface area (Å²) >= 11 is 2.16. The molecule has 0 unspecified atom stereocenters. The fourth-order valence-corrected chi connectivity index (χ4v) is 7.82. The van der Waals surface area contributed by atoms with Gasteiger partial charge in [0.15, 0.2) is 0 Å². The molecule has 4 aliphatic heterocycles. The van der Waals surface area contributed by atoms with Crippen LogP contribution in [0.2, 0.25) is 0 Å². The molecule has 0 saturated carbocycles. The maximum Gasteiger partial charge on any atom is 0.322 e. The van der Waals surface area contributed by atoms with Crippen LogP contribution >= 0.6 is 22.6 Å². The normalized spacial score (nSPS) is 20.7. The van der Waals surface area contributed by atoms with E-state index in [4.69, 9.17) is 0 Å². The van der Waals surface area contributed by atoms with Gasteiger partial charge in [-0.15, -0.1) is 0 Å². The van der Waals surface area contributed by atoms with Gasteiger partial charge in [0.1, 0.15) is 6.04 Å². The summed E-state index contributed by atoms with van der Waals surface area (Å²) in [5, 5.41) is 5.91. The number of para-hydroxylation sites is 1. The van der Waals surface area contributed by atoms with Gasteiger partial charge >= 0.3 is 6.03 Å². The van der Waals surface area contributed by atoms with Crippen molar-refractivity contribution in [2.75, 3.05) is 44.6 Å². The molecule has 240 valence electrons. The molecule has 2 aromatic rings. The van der Waals surface area contributed by atoms with Gasteiger partial charge < -0.3 is 30.2 Å². The van der Waals surface area contributed by atoms with E-state index < -0.39 is 6.04 Å². The van der Waals surface area contributed by atoms with Crippen LogP contribution in [0.15, 0.2) is 48.5 Å². The van der Waals surface area contributed by atoms with Gasteiger partial charge in [0.25, 0.3) is 5.91 Å². The predicted octanol–water partition coefficient (Wildman–Crippen LogP) is 4.30. The van der Waals surface area contributed by atoms with Gasteiger partial charge in [0.2, 0.25) is 11.8 Å². The average molecular weight is 727 g/mol. The van der Waals surface area contributed by atoms with Crippen LogP contribution in [0.4, 0.5) is 10.5 Å². The highest BCUT2D eigenvalue weighted by Crippen LogP contribution is 2.28. The summed E-state index contributed by atoms with van der Waals surface area (Å²) in [4.78, 5) is 61.7. The first-order chi connectivity index (χ1) is 21.9. The minimum absolute atomic E-state index is 0.0290. The molecule has 0 aliphatic carbocycles. The fourth-order valence-electron chi connectivity index (χ4n) is 7.27. The Morgan fingerprint density at radius 3 is 2.27 bits per heavy atom. The molecule has 4 heterocycles. The largest absolute Gasteiger partial charge is 0.342 e. The molecule has 3 fully saturated rings. The summed E-state index contributed by atoms with van der Waals surface area (Å²) < 4.78 is 0.924. The van der Waals surface area contributed by atoms with Crippen LogP contribution in [-0.4, -0.2) is 101 Å². The molecule has 10 nitrogen and oxygen atoms in total. The topological polar surface area (TPSA) is 105 Å². The van der Waals surface area contributed by atoms with E-state index in [0.717, 1.165) is 40.8 Å². The Balaban J connectivity index is 1.08. The lowest BCUT2D eigenvalue weighted by Gasteiger charge is -2.41. The third-order valence-electron chi connectivity index (χ3n) is 9.87. The molecule has 1 atom stereocenters. The Bertz CT molecular complexity index is 1400. The van der Waals surface area contributed by atoms with Crippen LogP contribution in [0.3, 0.4) is 0 Å². The molecule has 6 rings (SSSR count). The maximum atomic E-state index is 13.9. The zero-order chi connectivity index (χ0) is 31.3. The molecule has 3 saturated heterocycles. The number of nitrogens with zero attached hydrogens (tertiary/aromatic N) is 4. The first-order valence-electron chi connectivity index (χ1n) is 16.4. The Labute approximate surface area is 279 Å². The van der Waals surface area contributed by atoms with Crippen LogP contribution in [-0.2, 0) is 16.1 Å². The minimum atomic E-state index is -0.934. The number of hydrogen-bond acceptors (Lipinski definition) is 5. The molecule has 2 aromatic carbocycles. The highest BCUT2D eigenvalue weighted by Gasteiger charge is 2.36. The highest BCUT2D eigenvalue weighted by atomic mass is 127. The monoisotopic (exact) mass is 726 g/mol. The minimum Gasteiger partial charge on any atom is -0.342 e. The van der Waals surface area contributed by atoms with Gasteiger partial charge in [-0.05, 0) is 104 Å². The van der Waals surface area contributed by atoms with Gasteiger partial charge in [0, 0.05) is 59.6 Å². The van der Waals surface area contributed by atoms with E-state index >= 15 is 0 Å². The number of carbonyl (C=O) groups is 4. The third-order valence-corrected chi connectivity index (χ3v) is 10.5. The van der Waals surface area contributed by atoms with Crippen molar-refractivity contribution < 1.29 is 19.2 Å². The van der Waals surface area contributed by atoms with Crippen molar-refractivity contribution in [1.82, 2.24) is 24.9 Å². The standard InChI is InChI=1S/C34H43IN6O4/c35-26-9-6-8-24(21-26)32(43)36-30(33(44)40-19-11-27(12-20-40)38-15-4-1-5-16-38)22-31(42)39-17-13-28(14-18-39)41-23-25-7-2-3-10-29(25)37-34(41)45/h2-3,6-10,21,27-28,30H,1,4-5,11-20,22-23H2,(H,36,43)(H,37,45)/t30-/m0/s1. The van der Waals surface area contributed by atoms with E-state index in [2.05, 4.69) is 38.1 Å². The van der Waals surface area contributed by atoms with Crippen LogP contribution in [0.25, 0.3) is 0 Å². The Morgan fingerprint density at radius 2 is 1.53 bits per heavy atom. The van der Waals surface area contributed by atoms with E-state index in [-0.39, 0.29) is 36.2 Å². The van der Waals surface area contributed by atoms with Crippen molar-refractivity contribution in [2.45, 2.75) is 76.0 Å².